The van der Waals surface area contributed by atoms with Gasteiger partial charge in [0.15, 0.2) is 0 Å². The van der Waals surface area contributed by atoms with Crippen LogP contribution in [0, 0.1) is 5.41 Å². The van der Waals surface area contributed by atoms with Gasteiger partial charge in [0.05, 0.1) is 50.0 Å². The van der Waals surface area contributed by atoms with Gasteiger partial charge in [0, 0.05) is 38.4 Å². The van der Waals surface area contributed by atoms with Gasteiger partial charge in [0.2, 0.25) is 0 Å². The second-order valence-corrected chi connectivity index (χ2v) is 12.6. The second kappa shape index (κ2) is 11.1. The molecule has 226 valence electrons. The lowest BCUT2D eigenvalue weighted by atomic mass is 9.83. The molecular weight excluding hydrogens is 538 g/mol. The molecule has 3 heterocycles. The fourth-order valence-electron chi connectivity index (χ4n) is 6.18. The van der Waals surface area contributed by atoms with Crippen molar-refractivity contribution >= 4 is 16.9 Å². The molecule has 1 atom stereocenters. The number of phenolic OH excluding ortho intramolecular Hbond substituents is 1. The molecule has 2 aliphatic heterocycles. The Morgan fingerprint density at radius 3 is 2.29 bits per heavy atom. The number of fused-ring (bicyclic) bond motifs is 1. The van der Waals surface area contributed by atoms with Crippen molar-refractivity contribution in [2.75, 3.05) is 40.4 Å². The molecule has 0 bridgehead atoms. The summed E-state index contributed by atoms with van der Waals surface area (Å²) in [6.07, 6.45) is 2.17. The molecule has 2 saturated heterocycles. The van der Waals surface area contributed by atoms with E-state index in [0.29, 0.717) is 36.5 Å². The average Bonchev–Trinajstić information content (AvgIpc) is 2.95. The van der Waals surface area contributed by atoms with Crippen LogP contribution in [0.1, 0.15) is 39.2 Å². The number of benzene rings is 2. The quantitative estimate of drug-likeness (QED) is 0.448. The molecule has 0 radical (unpaired) electrons. The Bertz CT molecular complexity index is 1530. The maximum atomic E-state index is 12.8. The topological polar surface area (TPSA) is 114 Å². The van der Waals surface area contributed by atoms with E-state index in [2.05, 4.69) is 25.7 Å². The Hall–Kier alpha value is -3.76. The third kappa shape index (κ3) is 5.65. The van der Waals surface area contributed by atoms with Crippen molar-refractivity contribution in [3.05, 3.63) is 52.4 Å². The Morgan fingerprint density at radius 1 is 1.07 bits per heavy atom. The normalized spacial score (nSPS) is 19.3. The molecule has 10 heteroatoms. The number of carbonyl (C=O) groups is 1. The number of piperidine rings is 1. The smallest absolute Gasteiger partial charge is 0.407 e. The lowest BCUT2D eigenvalue weighted by molar-refractivity contribution is -0.196. The fourth-order valence-corrected chi connectivity index (χ4v) is 6.18. The van der Waals surface area contributed by atoms with Crippen molar-refractivity contribution in [2.45, 2.75) is 51.9 Å². The molecule has 2 aliphatic rings. The molecule has 1 aromatic heterocycles. The summed E-state index contributed by atoms with van der Waals surface area (Å²) in [5, 5.41) is 21.0. The van der Waals surface area contributed by atoms with Crippen LogP contribution in [0.15, 0.2) is 41.3 Å². The van der Waals surface area contributed by atoms with Crippen LogP contribution in [-0.2, 0) is 18.3 Å². The molecule has 1 amide bonds. The number of morpholine rings is 1. The highest BCUT2D eigenvalue weighted by atomic mass is 16.5. The molecule has 2 aromatic carbocycles. The second-order valence-electron chi connectivity index (χ2n) is 12.6. The van der Waals surface area contributed by atoms with Crippen molar-refractivity contribution in [3.63, 3.8) is 0 Å². The zero-order valence-electron chi connectivity index (χ0n) is 25.3. The van der Waals surface area contributed by atoms with E-state index in [9.17, 15) is 19.8 Å². The van der Waals surface area contributed by atoms with Crippen molar-refractivity contribution in [2.24, 2.45) is 12.5 Å². The Balaban J connectivity index is 1.41. The zero-order chi connectivity index (χ0) is 30.4. The van der Waals surface area contributed by atoms with Crippen LogP contribution in [0.25, 0.3) is 21.9 Å². The highest BCUT2D eigenvalue weighted by Crippen LogP contribution is 2.41. The number of carboxylic acid groups (broad SMARTS) is 1. The first-order valence-corrected chi connectivity index (χ1v) is 14.3. The summed E-state index contributed by atoms with van der Waals surface area (Å²) in [6, 6.07) is 8.73. The van der Waals surface area contributed by atoms with Gasteiger partial charge in [-0.05, 0) is 59.5 Å². The number of phenols is 1. The summed E-state index contributed by atoms with van der Waals surface area (Å²) in [4.78, 5) is 28.6. The van der Waals surface area contributed by atoms with Crippen LogP contribution in [0.2, 0.25) is 0 Å². The first-order valence-electron chi connectivity index (χ1n) is 14.3. The largest absolute Gasteiger partial charge is 0.508 e. The third-order valence-corrected chi connectivity index (χ3v) is 8.73. The summed E-state index contributed by atoms with van der Waals surface area (Å²) >= 11 is 0. The number of aromatic nitrogens is 1. The van der Waals surface area contributed by atoms with E-state index in [-0.39, 0.29) is 22.8 Å². The molecule has 1 unspecified atom stereocenters. The van der Waals surface area contributed by atoms with Crippen molar-refractivity contribution in [1.82, 2.24) is 14.4 Å². The lowest BCUT2D eigenvalue weighted by Gasteiger charge is -2.52. The number of pyridine rings is 1. The van der Waals surface area contributed by atoms with Crippen molar-refractivity contribution in [3.8, 4) is 28.4 Å². The summed E-state index contributed by atoms with van der Waals surface area (Å²) < 4.78 is 19.9. The van der Waals surface area contributed by atoms with Gasteiger partial charge in [0.1, 0.15) is 17.2 Å². The van der Waals surface area contributed by atoms with Gasteiger partial charge in [-0.1, -0.05) is 20.8 Å². The average molecular weight is 580 g/mol. The molecule has 2 N–H and O–H groups in total. The monoisotopic (exact) mass is 579 g/mol. The predicted molar refractivity (Wildman–Crippen MR) is 161 cm³/mol. The first kappa shape index (κ1) is 29.7. The SMILES string of the molecule is COc1cc(-c2cn(C)c(=O)c3cc(O)ccc23)cc(OC)c1CN1CCC2(CC1)CN(C(=O)O)CC(C(C)(C)C)O2. The van der Waals surface area contributed by atoms with Gasteiger partial charge in [-0.25, -0.2) is 4.79 Å². The molecule has 5 rings (SSSR count). The maximum absolute atomic E-state index is 12.8. The minimum atomic E-state index is -0.896. The lowest BCUT2D eigenvalue weighted by Crippen LogP contribution is -2.62. The van der Waals surface area contributed by atoms with Crippen LogP contribution in [0.3, 0.4) is 0 Å². The summed E-state index contributed by atoms with van der Waals surface area (Å²) in [7, 11) is 4.96. The van der Waals surface area contributed by atoms with Crippen molar-refractivity contribution < 1.29 is 29.2 Å². The maximum Gasteiger partial charge on any atom is 0.407 e. The number of hydrogen-bond acceptors (Lipinski definition) is 7. The molecule has 2 fully saturated rings. The number of aromatic hydroxyl groups is 1. The van der Waals surface area contributed by atoms with E-state index in [0.717, 1.165) is 48.0 Å². The number of rotatable bonds is 5. The highest BCUT2D eigenvalue weighted by Gasteiger charge is 2.47. The van der Waals surface area contributed by atoms with E-state index < -0.39 is 11.7 Å². The molecule has 3 aromatic rings. The predicted octanol–water partition coefficient (Wildman–Crippen LogP) is 4.69. The minimum absolute atomic E-state index is 0.0359. The molecule has 0 aliphatic carbocycles. The Morgan fingerprint density at radius 2 is 1.71 bits per heavy atom. The van der Waals surface area contributed by atoms with Gasteiger partial charge >= 0.3 is 6.09 Å². The van der Waals surface area contributed by atoms with Gasteiger partial charge in [0.25, 0.3) is 5.56 Å². The molecule has 0 saturated carbocycles. The number of likely N-dealkylation sites (tertiary alicyclic amines) is 1. The standard InChI is InChI=1S/C32H41N3O7/c1-31(2,3)28-18-35(30(38)39)19-32(42-28)9-11-34(12-10-32)17-25-26(40-5)13-20(14-27(25)41-6)24-16-33(4)29(37)23-15-21(36)7-8-22(23)24/h7-8,13-16,28,36H,9-12,17-19H2,1-6H3,(H,38,39). The first-order chi connectivity index (χ1) is 19.8. The van der Waals surface area contributed by atoms with Gasteiger partial charge < -0.3 is 33.9 Å². The fraction of sp³-hybridized carbons (Fsp3) is 0.500. The van der Waals surface area contributed by atoms with Crippen LogP contribution in [0.5, 0.6) is 17.2 Å². The number of amides is 1. The Labute approximate surface area is 246 Å². The van der Waals surface area contributed by atoms with E-state index >= 15 is 0 Å². The van der Waals surface area contributed by atoms with Gasteiger partial charge in [-0.2, -0.15) is 0 Å². The van der Waals surface area contributed by atoms with E-state index in [1.807, 2.05) is 12.1 Å². The van der Waals surface area contributed by atoms with Crippen molar-refractivity contribution in [1.29, 1.82) is 0 Å². The van der Waals surface area contributed by atoms with Gasteiger partial charge in [-0.3, -0.25) is 9.69 Å². The highest BCUT2D eigenvalue weighted by molar-refractivity contribution is 5.97. The van der Waals surface area contributed by atoms with Crippen LogP contribution in [0.4, 0.5) is 4.79 Å². The third-order valence-electron chi connectivity index (χ3n) is 8.73. The number of ether oxygens (including phenoxy) is 3. The summed E-state index contributed by atoms with van der Waals surface area (Å²) in [6.45, 7) is 9.13. The summed E-state index contributed by atoms with van der Waals surface area (Å²) in [5.41, 5.74) is 1.70. The molecular formula is C32H41N3O7. The van der Waals surface area contributed by atoms with E-state index in [1.54, 1.807) is 39.6 Å². The number of methoxy groups -OCH3 is 2. The van der Waals surface area contributed by atoms with Crippen LogP contribution >= 0.6 is 0 Å². The number of aryl methyl sites for hydroxylation is 1. The zero-order valence-corrected chi connectivity index (χ0v) is 25.3. The van der Waals surface area contributed by atoms with Crippen LogP contribution < -0.4 is 15.0 Å². The molecule has 42 heavy (non-hydrogen) atoms. The molecule has 10 nitrogen and oxygen atoms in total. The Kier molecular flexibility index (Phi) is 7.89. The number of hydrogen-bond donors (Lipinski definition) is 2. The van der Waals surface area contributed by atoms with E-state index in [4.69, 9.17) is 14.2 Å². The molecule has 1 spiro atoms. The van der Waals surface area contributed by atoms with Gasteiger partial charge in [-0.15, -0.1) is 0 Å². The summed E-state index contributed by atoms with van der Waals surface area (Å²) in [5.74, 6) is 1.38. The number of nitrogens with zero attached hydrogens (tertiary/aromatic N) is 3. The van der Waals surface area contributed by atoms with Crippen LogP contribution in [-0.4, -0.2) is 82.8 Å². The van der Waals surface area contributed by atoms with E-state index in [1.165, 1.54) is 15.5 Å². The minimum Gasteiger partial charge on any atom is -0.508 e.